The lowest BCUT2D eigenvalue weighted by molar-refractivity contribution is -0.137. The van der Waals surface area contributed by atoms with E-state index in [0.717, 1.165) is 16.4 Å². The fraction of sp³-hybridized carbons (Fsp3) is 0.294. The Kier molecular flexibility index (Phi) is 6.50. The van der Waals surface area contributed by atoms with E-state index < -0.39 is 28.4 Å². The minimum Gasteiger partial charge on any atom is -0.493 e. The fourth-order valence-electron chi connectivity index (χ4n) is 2.34. The smallest absolute Gasteiger partial charge is 0.416 e. The van der Waals surface area contributed by atoms with Crippen molar-refractivity contribution in [3.63, 3.8) is 0 Å². The molecule has 0 atom stereocenters. The van der Waals surface area contributed by atoms with Crippen LogP contribution >= 0.6 is 0 Å². The second-order valence-corrected chi connectivity index (χ2v) is 7.69. The fourth-order valence-corrected chi connectivity index (χ4v) is 3.50. The lowest BCUT2D eigenvalue weighted by Crippen LogP contribution is -2.26. The van der Waals surface area contributed by atoms with Crippen LogP contribution in [0.3, 0.4) is 0 Å². The molecule has 0 N–H and O–H groups in total. The van der Waals surface area contributed by atoms with E-state index >= 15 is 0 Å². The van der Waals surface area contributed by atoms with E-state index in [1.807, 2.05) is 0 Å². The van der Waals surface area contributed by atoms with Crippen molar-refractivity contribution in [1.82, 2.24) is 4.31 Å². The first-order chi connectivity index (χ1) is 12.9. The van der Waals surface area contributed by atoms with Gasteiger partial charge in [-0.1, -0.05) is 6.07 Å². The predicted octanol–water partition coefficient (Wildman–Crippen LogP) is 4.14. The Morgan fingerprint density at radius 3 is 2.14 bits per heavy atom. The highest BCUT2D eigenvalue weighted by atomic mass is 32.2. The summed E-state index contributed by atoms with van der Waals surface area (Å²) in [7, 11) is -1.60. The number of rotatable bonds is 7. The number of methoxy groups -OCH3 is 1. The molecule has 5 nitrogen and oxygen atoms in total. The van der Waals surface area contributed by atoms with Crippen LogP contribution in [-0.2, 0) is 22.7 Å². The summed E-state index contributed by atoms with van der Waals surface area (Å²) in [5.74, 6) is -0.229. The number of alkyl halides is 5. The number of benzene rings is 2. The summed E-state index contributed by atoms with van der Waals surface area (Å²) >= 11 is 0. The molecule has 0 spiro atoms. The largest absolute Gasteiger partial charge is 0.493 e. The predicted molar refractivity (Wildman–Crippen MR) is 89.7 cm³/mol. The lowest BCUT2D eigenvalue weighted by Gasteiger charge is -2.19. The third-order valence-corrected chi connectivity index (χ3v) is 5.56. The first kappa shape index (κ1) is 21.9. The molecule has 154 valence electrons. The maximum absolute atomic E-state index is 12.6. The van der Waals surface area contributed by atoms with Crippen molar-refractivity contribution in [2.24, 2.45) is 0 Å². The van der Waals surface area contributed by atoms with Gasteiger partial charge < -0.3 is 9.47 Å². The molecular weight excluding hydrogens is 409 g/mol. The normalized spacial score (nSPS) is 12.5. The van der Waals surface area contributed by atoms with Crippen LogP contribution in [0.1, 0.15) is 11.1 Å². The van der Waals surface area contributed by atoms with Gasteiger partial charge in [0.25, 0.3) is 0 Å². The molecule has 2 aromatic carbocycles. The summed E-state index contributed by atoms with van der Waals surface area (Å²) in [6, 6.07) is 7.01. The van der Waals surface area contributed by atoms with Gasteiger partial charge in [-0.15, -0.1) is 0 Å². The molecule has 11 heteroatoms. The van der Waals surface area contributed by atoms with Gasteiger partial charge in [-0.2, -0.15) is 26.3 Å². The van der Waals surface area contributed by atoms with Crippen LogP contribution in [0, 0.1) is 0 Å². The van der Waals surface area contributed by atoms with Crippen LogP contribution in [0.15, 0.2) is 47.4 Å². The SMILES string of the molecule is COc1cc(CN(C)S(=O)(=O)c2ccc(C(F)(F)F)cc2)ccc1OC(F)F. The van der Waals surface area contributed by atoms with E-state index in [1.54, 1.807) is 0 Å². The molecule has 0 radical (unpaired) electrons. The van der Waals surface area contributed by atoms with Crippen LogP contribution in [0.2, 0.25) is 0 Å². The Morgan fingerprint density at radius 1 is 1.04 bits per heavy atom. The van der Waals surface area contributed by atoms with Crippen LogP contribution < -0.4 is 9.47 Å². The second-order valence-electron chi connectivity index (χ2n) is 5.65. The minimum absolute atomic E-state index is 0.0156. The van der Waals surface area contributed by atoms with E-state index in [2.05, 4.69) is 4.74 Å². The van der Waals surface area contributed by atoms with Crippen molar-refractivity contribution in [3.05, 3.63) is 53.6 Å². The Bertz CT molecular complexity index is 914. The van der Waals surface area contributed by atoms with Gasteiger partial charge in [-0.3, -0.25) is 0 Å². The van der Waals surface area contributed by atoms with Crippen molar-refractivity contribution in [1.29, 1.82) is 0 Å². The molecule has 0 saturated carbocycles. The molecule has 2 rings (SSSR count). The number of sulfonamides is 1. The van der Waals surface area contributed by atoms with Crippen molar-refractivity contribution in [2.75, 3.05) is 14.2 Å². The quantitative estimate of drug-likeness (QED) is 0.626. The van der Waals surface area contributed by atoms with Gasteiger partial charge in [0.1, 0.15) is 0 Å². The van der Waals surface area contributed by atoms with Gasteiger partial charge >= 0.3 is 12.8 Å². The molecule has 0 amide bonds. The Balaban J connectivity index is 2.22. The zero-order chi connectivity index (χ0) is 21.1. The van der Waals surface area contributed by atoms with Crippen molar-refractivity contribution in [2.45, 2.75) is 24.2 Å². The Hall–Kier alpha value is -2.40. The highest BCUT2D eigenvalue weighted by molar-refractivity contribution is 7.89. The average Bonchev–Trinajstić information content (AvgIpc) is 2.61. The number of halogens is 5. The summed E-state index contributed by atoms with van der Waals surface area (Å²) in [6.07, 6.45) is -4.58. The molecule has 0 fully saturated rings. The van der Waals surface area contributed by atoms with Gasteiger partial charge in [-0.25, -0.2) is 8.42 Å². The zero-order valence-corrected chi connectivity index (χ0v) is 15.5. The monoisotopic (exact) mass is 425 g/mol. The van der Waals surface area contributed by atoms with Crippen molar-refractivity contribution >= 4 is 10.0 Å². The standard InChI is InChI=1S/C17H16F5NO4S/c1-23(10-11-3-8-14(27-16(18)19)15(9-11)26-2)28(24,25)13-6-4-12(5-7-13)17(20,21)22/h3-9,16H,10H2,1-2H3. The van der Waals surface area contributed by atoms with Gasteiger partial charge in [0, 0.05) is 13.6 Å². The van der Waals surface area contributed by atoms with Gasteiger partial charge in [0.05, 0.1) is 17.6 Å². The van der Waals surface area contributed by atoms with E-state index in [-0.39, 0.29) is 22.9 Å². The van der Waals surface area contributed by atoms with Crippen LogP contribution in [-0.4, -0.2) is 33.5 Å². The first-order valence-corrected chi connectivity index (χ1v) is 9.14. The molecule has 0 unspecified atom stereocenters. The molecule has 0 aromatic heterocycles. The minimum atomic E-state index is -4.58. The van der Waals surface area contributed by atoms with Gasteiger partial charge in [-0.05, 0) is 42.0 Å². The maximum atomic E-state index is 12.6. The summed E-state index contributed by atoms with van der Waals surface area (Å²) < 4.78 is 97.8. The maximum Gasteiger partial charge on any atom is 0.416 e. The molecule has 0 bridgehead atoms. The lowest BCUT2D eigenvalue weighted by atomic mass is 10.2. The molecule has 0 saturated heterocycles. The topological polar surface area (TPSA) is 55.8 Å². The molecule has 0 heterocycles. The number of ether oxygens (including phenoxy) is 2. The molecule has 0 aliphatic rings. The van der Waals surface area contributed by atoms with Crippen molar-refractivity contribution < 1.29 is 39.8 Å². The first-order valence-electron chi connectivity index (χ1n) is 7.70. The molecule has 2 aromatic rings. The molecule has 0 aliphatic carbocycles. The van der Waals surface area contributed by atoms with E-state index in [0.29, 0.717) is 17.7 Å². The number of nitrogens with zero attached hydrogens (tertiary/aromatic N) is 1. The summed E-state index contributed by atoms with van der Waals surface area (Å²) in [5, 5.41) is 0. The van der Waals surface area contributed by atoms with Crippen LogP contribution in [0.5, 0.6) is 11.5 Å². The number of hydrogen-bond donors (Lipinski definition) is 0. The summed E-state index contributed by atoms with van der Waals surface area (Å²) in [5.41, 5.74) is -0.565. The third kappa shape index (κ3) is 5.10. The second kappa shape index (κ2) is 8.31. The summed E-state index contributed by atoms with van der Waals surface area (Å²) in [4.78, 5) is -0.312. The summed E-state index contributed by atoms with van der Waals surface area (Å²) in [6.45, 7) is -3.23. The number of hydrogen-bond acceptors (Lipinski definition) is 4. The molecule has 0 aliphatic heterocycles. The Labute approximate surface area is 158 Å². The van der Waals surface area contributed by atoms with Gasteiger partial charge in [0.15, 0.2) is 11.5 Å². The van der Waals surface area contributed by atoms with E-state index in [1.165, 1.54) is 32.4 Å². The van der Waals surface area contributed by atoms with E-state index in [4.69, 9.17) is 4.74 Å². The molecule has 28 heavy (non-hydrogen) atoms. The van der Waals surface area contributed by atoms with Gasteiger partial charge in [0.2, 0.25) is 10.0 Å². The third-order valence-electron chi connectivity index (χ3n) is 3.74. The van der Waals surface area contributed by atoms with Crippen LogP contribution in [0.4, 0.5) is 22.0 Å². The molecular formula is C17H16F5NO4S. The van der Waals surface area contributed by atoms with Crippen LogP contribution in [0.25, 0.3) is 0 Å². The van der Waals surface area contributed by atoms with E-state index in [9.17, 15) is 30.4 Å². The zero-order valence-electron chi connectivity index (χ0n) is 14.7. The van der Waals surface area contributed by atoms with Crippen molar-refractivity contribution in [3.8, 4) is 11.5 Å². The average molecular weight is 425 g/mol. The highest BCUT2D eigenvalue weighted by Crippen LogP contribution is 2.32. The highest BCUT2D eigenvalue weighted by Gasteiger charge is 2.31. The Morgan fingerprint density at radius 2 is 1.64 bits per heavy atom.